The predicted octanol–water partition coefficient (Wildman–Crippen LogP) is 2.85. The van der Waals surface area contributed by atoms with Gasteiger partial charge in [0.15, 0.2) is 6.10 Å². The van der Waals surface area contributed by atoms with Crippen molar-refractivity contribution in [1.29, 1.82) is 0 Å². The molecule has 1 aliphatic rings. The van der Waals surface area contributed by atoms with Gasteiger partial charge in [0, 0.05) is 5.69 Å². The Hall–Kier alpha value is -2.13. The molecule has 0 saturated heterocycles. The lowest BCUT2D eigenvalue weighted by molar-refractivity contribution is -0.124. The van der Waals surface area contributed by atoms with E-state index in [9.17, 15) is 9.90 Å². The number of benzene rings is 2. The number of aliphatic hydroxyl groups excluding tert-OH is 1. The summed E-state index contributed by atoms with van der Waals surface area (Å²) in [5.41, 5.74) is 4.03. The van der Waals surface area contributed by atoms with E-state index in [0.717, 1.165) is 18.5 Å². The first kappa shape index (κ1) is 12.9. The van der Waals surface area contributed by atoms with E-state index in [4.69, 9.17) is 0 Å². The molecule has 0 aliphatic heterocycles. The molecule has 0 spiro atoms. The highest BCUT2D eigenvalue weighted by Gasteiger charge is 2.18. The molecule has 1 unspecified atom stereocenters. The van der Waals surface area contributed by atoms with Crippen LogP contribution in [0.2, 0.25) is 0 Å². The number of rotatable bonds is 3. The molecule has 1 amide bonds. The predicted molar refractivity (Wildman–Crippen MR) is 78.5 cm³/mol. The van der Waals surface area contributed by atoms with Crippen LogP contribution >= 0.6 is 0 Å². The molecule has 20 heavy (non-hydrogen) atoms. The van der Waals surface area contributed by atoms with Gasteiger partial charge < -0.3 is 10.4 Å². The van der Waals surface area contributed by atoms with Gasteiger partial charge in [0.05, 0.1) is 0 Å². The van der Waals surface area contributed by atoms with Gasteiger partial charge in [-0.3, -0.25) is 4.79 Å². The number of fused-ring (bicyclic) bond motifs is 1. The number of carbonyl (C=O) groups is 1. The summed E-state index contributed by atoms with van der Waals surface area (Å²) in [5, 5.41) is 12.8. The lowest BCUT2D eigenvalue weighted by Crippen LogP contribution is -2.20. The zero-order valence-corrected chi connectivity index (χ0v) is 11.2. The second kappa shape index (κ2) is 5.47. The highest BCUT2D eigenvalue weighted by Crippen LogP contribution is 2.25. The van der Waals surface area contributed by atoms with Crippen molar-refractivity contribution in [2.45, 2.75) is 25.4 Å². The van der Waals surface area contributed by atoms with E-state index >= 15 is 0 Å². The summed E-state index contributed by atoms with van der Waals surface area (Å²) >= 11 is 0. The van der Waals surface area contributed by atoms with E-state index in [0.29, 0.717) is 5.56 Å². The fourth-order valence-corrected chi connectivity index (χ4v) is 2.65. The van der Waals surface area contributed by atoms with Crippen LogP contribution in [-0.2, 0) is 17.6 Å². The minimum Gasteiger partial charge on any atom is -0.378 e. The van der Waals surface area contributed by atoms with Crippen LogP contribution in [0, 0.1) is 0 Å². The molecule has 102 valence electrons. The van der Waals surface area contributed by atoms with Crippen molar-refractivity contribution in [2.75, 3.05) is 5.32 Å². The van der Waals surface area contributed by atoms with Gasteiger partial charge in [-0.1, -0.05) is 36.4 Å². The summed E-state index contributed by atoms with van der Waals surface area (Å²) in [7, 11) is 0. The average Bonchev–Trinajstić information content (AvgIpc) is 2.95. The topological polar surface area (TPSA) is 49.3 Å². The first-order valence-corrected chi connectivity index (χ1v) is 6.90. The molecule has 3 rings (SSSR count). The summed E-state index contributed by atoms with van der Waals surface area (Å²) in [6, 6.07) is 14.9. The Balaban J connectivity index is 1.73. The first-order valence-electron chi connectivity index (χ1n) is 6.90. The van der Waals surface area contributed by atoms with Gasteiger partial charge in [-0.2, -0.15) is 0 Å². The molecule has 2 aromatic carbocycles. The first-order chi connectivity index (χ1) is 9.74. The van der Waals surface area contributed by atoms with Crippen LogP contribution in [0.4, 0.5) is 5.69 Å². The van der Waals surface area contributed by atoms with E-state index in [1.807, 2.05) is 18.2 Å². The molecule has 0 saturated carbocycles. The third-order valence-electron chi connectivity index (χ3n) is 3.73. The van der Waals surface area contributed by atoms with Crippen LogP contribution in [0.25, 0.3) is 0 Å². The standard InChI is InChI=1S/C17H17NO2/c19-16(13-5-2-1-3-6-13)17(20)18-15-10-9-12-7-4-8-14(12)11-15/h1-3,5-6,9-11,16,19H,4,7-8H2,(H,18,20). The number of hydrogen-bond acceptors (Lipinski definition) is 2. The fourth-order valence-electron chi connectivity index (χ4n) is 2.65. The van der Waals surface area contributed by atoms with Crippen molar-refractivity contribution in [2.24, 2.45) is 0 Å². The van der Waals surface area contributed by atoms with E-state index in [2.05, 4.69) is 11.4 Å². The van der Waals surface area contributed by atoms with Gasteiger partial charge in [-0.05, 0) is 48.1 Å². The molecule has 0 fully saturated rings. The number of nitrogens with one attached hydrogen (secondary N) is 1. The van der Waals surface area contributed by atoms with Crippen LogP contribution in [0.3, 0.4) is 0 Å². The van der Waals surface area contributed by atoms with E-state index < -0.39 is 12.0 Å². The van der Waals surface area contributed by atoms with Crippen LogP contribution < -0.4 is 5.32 Å². The molecule has 0 bridgehead atoms. The molecule has 1 atom stereocenters. The van der Waals surface area contributed by atoms with E-state index in [-0.39, 0.29) is 0 Å². The average molecular weight is 267 g/mol. The van der Waals surface area contributed by atoms with Crippen molar-refractivity contribution in [1.82, 2.24) is 0 Å². The highest BCUT2D eigenvalue weighted by molar-refractivity contribution is 5.94. The Morgan fingerprint density at radius 1 is 1.05 bits per heavy atom. The third-order valence-corrected chi connectivity index (χ3v) is 3.73. The minimum atomic E-state index is -1.13. The van der Waals surface area contributed by atoms with Gasteiger partial charge in [-0.15, -0.1) is 0 Å². The fraction of sp³-hybridized carbons (Fsp3) is 0.235. The highest BCUT2D eigenvalue weighted by atomic mass is 16.3. The van der Waals surface area contributed by atoms with Crippen LogP contribution in [-0.4, -0.2) is 11.0 Å². The van der Waals surface area contributed by atoms with Gasteiger partial charge in [0.2, 0.25) is 0 Å². The molecular formula is C17H17NO2. The maximum absolute atomic E-state index is 12.1. The summed E-state index contributed by atoms with van der Waals surface area (Å²) < 4.78 is 0. The maximum atomic E-state index is 12.1. The van der Waals surface area contributed by atoms with Crippen LogP contribution in [0.15, 0.2) is 48.5 Å². The zero-order chi connectivity index (χ0) is 13.9. The number of carbonyl (C=O) groups excluding carboxylic acids is 1. The van der Waals surface area contributed by atoms with Crippen molar-refractivity contribution < 1.29 is 9.90 Å². The molecule has 3 nitrogen and oxygen atoms in total. The number of aliphatic hydroxyl groups is 1. The zero-order valence-electron chi connectivity index (χ0n) is 11.2. The maximum Gasteiger partial charge on any atom is 0.257 e. The molecule has 0 heterocycles. The second-order valence-electron chi connectivity index (χ2n) is 5.14. The van der Waals surface area contributed by atoms with Crippen molar-refractivity contribution >= 4 is 11.6 Å². The van der Waals surface area contributed by atoms with Crippen molar-refractivity contribution in [3.8, 4) is 0 Å². The third kappa shape index (κ3) is 2.58. The smallest absolute Gasteiger partial charge is 0.257 e. The summed E-state index contributed by atoms with van der Waals surface area (Å²) in [6.07, 6.45) is 2.24. The summed E-state index contributed by atoms with van der Waals surface area (Å²) in [4.78, 5) is 12.1. The van der Waals surface area contributed by atoms with Gasteiger partial charge in [0.25, 0.3) is 5.91 Å². The molecule has 3 heteroatoms. The second-order valence-corrected chi connectivity index (χ2v) is 5.14. The minimum absolute atomic E-state index is 0.394. The number of amides is 1. The molecule has 2 aromatic rings. The Labute approximate surface area is 118 Å². The van der Waals surface area contributed by atoms with Crippen LogP contribution in [0.1, 0.15) is 29.2 Å². The molecule has 0 aromatic heterocycles. The number of anilines is 1. The van der Waals surface area contributed by atoms with Crippen molar-refractivity contribution in [3.63, 3.8) is 0 Å². The quantitative estimate of drug-likeness (QED) is 0.898. The Morgan fingerprint density at radius 2 is 1.80 bits per heavy atom. The molecule has 2 N–H and O–H groups in total. The number of hydrogen-bond donors (Lipinski definition) is 2. The van der Waals surface area contributed by atoms with E-state index in [1.54, 1.807) is 24.3 Å². The van der Waals surface area contributed by atoms with Crippen LogP contribution in [0.5, 0.6) is 0 Å². The largest absolute Gasteiger partial charge is 0.378 e. The molecule has 0 radical (unpaired) electrons. The van der Waals surface area contributed by atoms with Crippen molar-refractivity contribution in [3.05, 3.63) is 65.2 Å². The molecular weight excluding hydrogens is 250 g/mol. The lowest BCUT2D eigenvalue weighted by atomic mass is 10.1. The molecule has 1 aliphatic carbocycles. The SMILES string of the molecule is O=C(Nc1ccc2c(c1)CCC2)C(O)c1ccccc1. The monoisotopic (exact) mass is 267 g/mol. The number of aryl methyl sites for hydroxylation is 2. The van der Waals surface area contributed by atoms with E-state index in [1.165, 1.54) is 17.5 Å². The van der Waals surface area contributed by atoms with Gasteiger partial charge in [0.1, 0.15) is 0 Å². The normalized spacial score (nSPS) is 14.7. The lowest BCUT2D eigenvalue weighted by Gasteiger charge is -2.12. The van der Waals surface area contributed by atoms with Gasteiger partial charge >= 0.3 is 0 Å². The summed E-state index contributed by atoms with van der Waals surface area (Å²) in [6.45, 7) is 0. The van der Waals surface area contributed by atoms with Gasteiger partial charge in [-0.25, -0.2) is 0 Å². The Kier molecular flexibility index (Phi) is 3.52. The summed E-state index contributed by atoms with van der Waals surface area (Å²) in [5.74, 6) is -0.394. The Morgan fingerprint density at radius 3 is 2.60 bits per heavy atom. The Bertz CT molecular complexity index is 622.